The first kappa shape index (κ1) is 14.3. The van der Waals surface area contributed by atoms with Gasteiger partial charge in [0.25, 0.3) is 0 Å². The van der Waals surface area contributed by atoms with Crippen LogP contribution in [0.1, 0.15) is 32.6 Å². The number of ether oxygens (including phenoxy) is 2. The number of hydrogen-bond donors (Lipinski definition) is 1. The van der Waals surface area contributed by atoms with E-state index >= 15 is 0 Å². The van der Waals surface area contributed by atoms with E-state index in [4.69, 9.17) is 21.1 Å². The molecular weight excluding hydrogens is 266 g/mol. The first-order valence-corrected chi connectivity index (χ1v) is 7.06. The van der Waals surface area contributed by atoms with E-state index < -0.39 is 0 Å². The minimum absolute atomic E-state index is 0.112. The molecule has 0 aliphatic heterocycles. The van der Waals surface area contributed by atoms with E-state index in [0.717, 1.165) is 32.2 Å². The van der Waals surface area contributed by atoms with Crippen molar-refractivity contribution in [1.82, 2.24) is 9.97 Å². The minimum Gasteiger partial charge on any atom is -0.473 e. The second-order valence-electron chi connectivity index (χ2n) is 4.64. The molecule has 1 aliphatic carbocycles. The topological polar surface area (TPSA) is 56.3 Å². The molecule has 0 bridgehead atoms. The first-order chi connectivity index (χ1) is 9.22. The second kappa shape index (κ2) is 6.91. The van der Waals surface area contributed by atoms with Crippen LogP contribution in [-0.2, 0) is 4.74 Å². The summed E-state index contributed by atoms with van der Waals surface area (Å²) in [6.45, 7) is 2.75. The molecule has 0 radical (unpaired) electrons. The Bertz CT molecular complexity index is 417. The van der Waals surface area contributed by atoms with Gasteiger partial charge >= 0.3 is 0 Å². The average Bonchev–Trinajstić information content (AvgIpc) is 2.43. The highest BCUT2D eigenvalue weighted by Gasteiger charge is 2.24. The molecule has 5 nitrogen and oxygen atoms in total. The fourth-order valence-electron chi connectivity index (χ4n) is 2.26. The third-order valence-corrected chi connectivity index (χ3v) is 3.50. The normalized spacial score (nSPS) is 23.1. The summed E-state index contributed by atoms with van der Waals surface area (Å²) in [6.07, 6.45) is 6.04. The molecule has 2 rings (SSSR count). The molecule has 106 valence electrons. The number of rotatable bonds is 5. The fourth-order valence-corrected chi connectivity index (χ4v) is 2.39. The quantitative estimate of drug-likeness (QED) is 0.901. The Hall–Kier alpha value is -1.07. The van der Waals surface area contributed by atoms with Crippen LogP contribution in [0.5, 0.6) is 5.88 Å². The summed E-state index contributed by atoms with van der Waals surface area (Å²) in [5.41, 5.74) is 0. The largest absolute Gasteiger partial charge is 0.473 e. The maximum atomic E-state index is 6.08. The maximum absolute atomic E-state index is 6.08. The van der Waals surface area contributed by atoms with Gasteiger partial charge in [0.05, 0.1) is 12.3 Å². The Morgan fingerprint density at radius 1 is 1.42 bits per heavy atom. The van der Waals surface area contributed by atoms with Crippen molar-refractivity contribution in [2.45, 2.75) is 44.8 Å². The molecule has 1 saturated carbocycles. The molecule has 1 heterocycles. The summed E-state index contributed by atoms with van der Waals surface area (Å²) < 4.78 is 11.3. The van der Waals surface area contributed by atoms with Crippen LogP contribution in [0.25, 0.3) is 0 Å². The second-order valence-corrected chi connectivity index (χ2v) is 5.05. The molecule has 2 atom stereocenters. The highest BCUT2D eigenvalue weighted by atomic mass is 35.5. The molecule has 1 aliphatic rings. The van der Waals surface area contributed by atoms with Gasteiger partial charge in [0.15, 0.2) is 0 Å². The minimum atomic E-state index is 0.112. The number of nitrogens with zero attached hydrogens (tertiary/aromatic N) is 2. The van der Waals surface area contributed by atoms with Crippen LogP contribution in [0.2, 0.25) is 5.02 Å². The predicted octanol–water partition coefficient (Wildman–Crippen LogP) is 2.90. The standard InChI is InChI=1S/C13H20ClN3O2/c1-3-15-13-16-8-11(14)12(17-13)19-10-6-4-5-9(7-10)18-2/h8-10H,3-7H2,1-2H3,(H,15,16,17). The number of anilines is 1. The highest BCUT2D eigenvalue weighted by Crippen LogP contribution is 2.28. The van der Waals surface area contributed by atoms with E-state index in [2.05, 4.69) is 15.3 Å². The van der Waals surface area contributed by atoms with Crippen LogP contribution in [-0.4, -0.2) is 35.8 Å². The van der Waals surface area contributed by atoms with Gasteiger partial charge in [-0.25, -0.2) is 4.98 Å². The van der Waals surface area contributed by atoms with Crippen molar-refractivity contribution in [3.63, 3.8) is 0 Å². The van der Waals surface area contributed by atoms with Crippen LogP contribution in [0.4, 0.5) is 5.95 Å². The van der Waals surface area contributed by atoms with Crippen LogP contribution in [0.3, 0.4) is 0 Å². The molecule has 19 heavy (non-hydrogen) atoms. The van der Waals surface area contributed by atoms with E-state index in [1.807, 2.05) is 6.92 Å². The van der Waals surface area contributed by atoms with Crippen molar-refractivity contribution in [2.24, 2.45) is 0 Å². The SMILES string of the molecule is CCNc1ncc(Cl)c(OC2CCCC(OC)C2)n1. The summed E-state index contributed by atoms with van der Waals surface area (Å²) >= 11 is 6.08. The molecule has 0 amide bonds. The number of nitrogens with one attached hydrogen (secondary N) is 1. The van der Waals surface area contributed by atoms with Crippen LogP contribution >= 0.6 is 11.6 Å². The van der Waals surface area contributed by atoms with Crippen molar-refractivity contribution in [2.75, 3.05) is 19.0 Å². The number of methoxy groups -OCH3 is 1. The lowest BCUT2D eigenvalue weighted by molar-refractivity contribution is 0.0195. The average molecular weight is 286 g/mol. The van der Waals surface area contributed by atoms with Gasteiger partial charge in [0.2, 0.25) is 11.8 Å². The molecule has 1 aromatic rings. The van der Waals surface area contributed by atoms with E-state index in [-0.39, 0.29) is 12.2 Å². The number of hydrogen-bond acceptors (Lipinski definition) is 5. The summed E-state index contributed by atoms with van der Waals surface area (Å²) in [6, 6.07) is 0. The van der Waals surface area contributed by atoms with Crippen molar-refractivity contribution < 1.29 is 9.47 Å². The van der Waals surface area contributed by atoms with Gasteiger partial charge in [0.1, 0.15) is 11.1 Å². The van der Waals surface area contributed by atoms with Gasteiger partial charge in [0, 0.05) is 20.1 Å². The zero-order valence-electron chi connectivity index (χ0n) is 11.4. The third kappa shape index (κ3) is 3.94. The van der Waals surface area contributed by atoms with Crippen LogP contribution < -0.4 is 10.1 Å². The third-order valence-electron chi connectivity index (χ3n) is 3.24. The molecule has 6 heteroatoms. The summed E-state index contributed by atoms with van der Waals surface area (Å²) in [5, 5.41) is 3.49. The lowest BCUT2D eigenvalue weighted by Gasteiger charge is -2.28. The van der Waals surface area contributed by atoms with Gasteiger partial charge in [-0.15, -0.1) is 0 Å². The fraction of sp³-hybridized carbons (Fsp3) is 0.692. The van der Waals surface area contributed by atoms with Crippen molar-refractivity contribution in [3.05, 3.63) is 11.2 Å². The van der Waals surface area contributed by atoms with E-state index in [0.29, 0.717) is 16.9 Å². The smallest absolute Gasteiger partial charge is 0.237 e. The molecule has 1 fully saturated rings. The Morgan fingerprint density at radius 3 is 2.95 bits per heavy atom. The number of halogens is 1. The van der Waals surface area contributed by atoms with Crippen molar-refractivity contribution >= 4 is 17.5 Å². The molecule has 2 unspecified atom stereocenters. The summed E-state index contributed by atoms with van der Waals surface area (Å²) in [5.74, 6) is 0.996. The molecule has 0 saturated heterocycles. The Morgan fingerprint density at radius 2 is 2.21 bits per heavy atom. The number of aromatic nitrogens is 2. The zero-order chi connectivity index (χ0) is 13.7. The molecule has 0 aromatic carbocycles. The van der Waals surface area contributed by atoms with Crippen LogP contribution in [0, 0.1) is 0 Å². The zero-order valence-corrected chi connectivity index (χ0v) is 12.1. The van der Waals surface area contributed by atoms with Gasteiger partial charge in [-0.2, -0.15) is 4.98 Å². The molecular formula is C13H20ClN3O2. The highest BCUT2D eigenvalue weighted by molar-refractivity contribution is 6.31. The summed E-state index contributed by atoms with van der Waals surface area (Å²) in [7, 11) is 1.74. The Balaban J connectivity index is 2.03. The van der Waals surface area contributed by atoms with E-state index in [9.17, 15) is 0 Å². The molecule has 0 spiro atoms. The predicted molar refractivity (Wildman–Crippen MR) is 74.9 cm³/mol. The Labute approximate surface area is 118 Å². The molecule has 1 N–H and O–H groups in total. The van der Waals surface area contributed by atoms with Crippen molar-refractivity contribution in [1.29, 1.82) is 0 Å². The van der Waals surface area contributed by atoms with Gasteiger partial charge < -0.3 is 14.8 Å². The van der Waals surface area contributed by atoms with Gasteiger partial charge in [-0.3, -0.25) is 0 Å². The van der Waals surface area contributed by atoms with E-state index in [1.54, 1.807) is 13.3 Å². The Kier molecular flexibility index (Phi) is 5.22. The monoisotopic (exact) mass is 285 g/mol. The van der Waals surface area contributed by atoms with E-state index in [1.165, 1.54) is 0 Å². The maximum Gasteiger partial charge on any atom is 0.237 e. The van der Waals surface area contributed by atoms with Crippen molar-refractivity contribution in [3.8, 4) is 5.88 Å². The van der Waals surface area contributed by atoms with Gasteiger partial charge in [-0.1, -0.05) is 11.6 Å². The summed E-state index contributed by atoms with van der Waals surface area (Å²) in [4.78, 5) is 8.38. The lowest BCUT2D eigenvalue weighted by Crippen LogP contribution is -2.29. The van der Waals surface area contributed by atoms with Crippen LogP contribution in [0.15, 0.2) is 6.20 Å². The molecule has 1 aromatic heterocycles. The lowest BCUT2D eigenvalue weighted by atomic mass is 9.95. The van der Waals surface area contributed by atoms with Gasteiger partial charge in [-0.05, 0) is 26.2 Å². The first-order valence-electron chi connectivity index (χ1n) is 6.68.